The number of rotatable bonds is 4. The van der Waals surface area contributed by atoms with E-state index in [0.717, 1.165) is 41.9 Å². The number of carbonyl (C=O) groups is 3. The van der Waals surface area contributed by atoms with Crippen molar-refractivity contribution in [3.05, 3.63) is 88.5 Å². The molecule has 3 amide bonds. The second-order valence-electron chi connectivity index (χ2n) is 7.70. The van der Waals surface area contributed by atoms with Gasteiger partial charge in [0.25, 0.3) is 17.7 Å². The van der Waals surface area contributed by atoms with Crippen LogP contribution in [0.3, 0.4) is 0 Å². The number of imide groups is 1. The number of fused-ring (bicyclic) bond motifs is 2. The molecular weight excluding hydrogens is 392 g/mol. The van der Waals surface area contributed by atoms with Gasteiger partial charge >= 0.3 is 0 Å². The molecule has 154 valence electrons. The molecule has 0 bridgehead atoms. The molecule has 2 N–H and O–H groups in total. The molecule has 6 nitrogen and oxygen atoms in total. The number of benzene rings is 3. The second kappa shape index (κ2) is 7.72. The van der Waals surface area contributed by atoms with Gasteiger partial charge in [0.15, 0.2) is 0 Å². The third-order valence-electron chi connectivity index (χ3n) is 5.65. The first-order chi connectivity index (χ1) is 15.1. The van der Waals surface area contributed by atoms with E-state index in [-0.39, 0.29) is 11.5 Å². The van der Waals surface area contributed by atoms with E-state index in [9.17, 15) is 14.4 Å². The molecule has 3 aromatic rings. The summed E-state index contributed by atoms with van der Waals surface area (Å²) in [6.45, 7) is 1.14. The first-order valence-corrected chi connectivity index (χ1v) is 10.2. The van der Waals surface area contributed by atoms with Gasteiger partial charge in [0, 0.05) is 12.1 Å². The van der Waals surface area contributed by atoms with E-state index >= 15 is 0 Å². The van der Waals surface area contributed by atoms with Crippen LogP contribution in [-0.2, 0) is 13.0 Å². The van der Waals surface area contributed by atoms with Gasteiger partial charge in [-0.2, -0.15) is 0 Å². The van der Waals surface area contributed by atoms with Gasteiger partial charge in [-0.15, -0.1) is 0 Å². The molecule has 2 aliphatic heterocycles. The fourth-order valence-corrected chi connectivity index (χ4v) is 3.95. The maximum absolute atomic E-state index is 12.5. The minimum atomic E-state index is -0.473. The summed E-state index contributed by atoms with van der Waals surface area (Å²) in [5, 5.41) is 5.09. The highest BCUT2D eigenvalue weighted by Crippen LogP contribution is 2.30. The van der Waals surface area contributed by atoms with E-state index in [4.69, 9.17) is 4.74 Å². The zero-order valence-electron chi connectivity index (χ0n) is 16.7. The lowest BCUT2D eigenvalue weighted by molar-refractivity contribution is 0.0878. The molecule has 0 aromatic heterocycles. The van der Waals surface area contributed by atoms with E-state index in [0.29, 0.717) is 17.7 Å². The van der Waals surface area contributed by atoms with Crippen LogP contribution in [0.2, 0.25) is 0 Å². The van der Waals surface area contributed by atoms with Crippen molar-refractivity contribution in [2.75, 3.05) is 6.61 Å². The smallest absolute Gasteiger partial charge is 0.258 e. The Labute approximate surface area is 179 Å². The average Bonchev–Trinajstić information content (AvgIpc) is 3.10. The molecule has 5 rings (SSSR count). The molecule has 2 heterocycles. The zero-order chi connectivity index (χ0) is 21.4. The summed E-state index contributed by atoms with van der Waals surface area (Å²) in [7, 11) is 0. The van der Waals surface area contributed by atoms with Crippen LogP contribution in [0.5, 0.6) is 5.75 Å². The number of ether oxygens (including phenoxy) is 1. The van der Waals surface area contributed by atoms with E-state index in [1.807, 2.05) is 30.3 Å². The fourth-order valence-electron chi connectivity index (χ4n) is 3.95. The maximum atomic E-state index is 12.5. The van der Waals surface area contributed by atoms with Crippen molar-refractivity contribution in [3.8, 4) is 16.9 Å². The Kier molecular flexibility index (Phi) is 4.75. The molecular formula is C25H20N2O4. The molecule has 2 aliphatic rings. The lowest BCUT2D eigenvalue weighted by Crippen LogP contribution is -2.23. The van der Waals surface area contributed by atoms with Gasteiger partial charge in [-0.25, -0.2) is 0 Å². The molecule has 0 fully saturated rings. The normalized spacial score (nSPS) is 14.3. The molecule has 3 aromatic carbocycles. The van der Waals surface area contributed by atoms with Gasteiger partial charge in [-0.1, -0.05) is 30.3 Å². The number of hydrogen-bond donors (Lipinski definition) is 2. The lowest BCUT2D eigenvalue weighted by atomic mass is 9.98. The molecule has 31 heavy (non-hydrogen) atoms. The fraction of sp³-hybridized carbons (Fsp3) is 0.160. The number of hydrogen-bond acceptors (Lipinski definition) is 4. The SMILES string of the molecule is O=C(NCc1ccc(-c2ccc3c(c2)CCCO3)cc1)c1ccc2c(c1)C(=O)NC2=O. The summed E-state index contributed by atoms with van der Waals surface area (Å²) in [6.07, 6.45) is 2.08. The molecule has 0 saturated carbocycles. The summed E-state index contributed by atoms with van der Waals surface area (Å²) >= 11 is 0. The van der Waals surface area contributed by atoms with Crippen molar-refractivity contribution in [3.63, 3.8) is 0 Å². The van der Waals surface area contributed by atoms with Crippen LogP contribution >= 0.6 is 0 Å². The zero-order valence-corrected chi connectivity index (χ0v) is 16.7. The van der Waals surface area contributed by atoms with Crippen LogP contribution in [0.25, 0.3) is 11.1 Å². The minimum Gasteiger partial charge on any atom is -0.493 e. The Morgan fingerprint density at radius 2 is 1.68 bits per heavy atom. The van der Waals surface area contributed by atoms with Gasteiger partial charge in [0.05, 0.1) is 17.7 Å². The highest BCUT2D eigenvalue weighted by Gasteiger charge is 2.27. The summed E-state index contributed by atoms with van der Waals surface area (Å²) in [5.74, 6) is -0.228. The monoisotopic (exact) mass is 412 g/mol. The van der Waals surface area contributed by atoms with E-state index < -0.39 is 11.8 Å². The predicted octanol–water partition coefficient (Wildman–Crippen LogP) is 3.49. The number of nitrogens with one attached hydrogen (secondary N) is 2. The Morgan fingerprint density at radius 1 is 0.903 bits per heavy atom. The number of amides is 3. The molecule has 0 spiro atoms. The highest BCUT2D eigenvalue weighted by molar-refractivity contribution is 6.22. The minimum absolute atomic E-state index is 0.234. The van der Waals surface area contributed by atoms with E-state index in [1.165, 1.54) is 17.7 Å². The van der Waals surface area contributed by atoms with Crippen LogP contribution in [0.1, 0.15) is 48.6 Å². The van der Waals surface area contributed by atoms with E-state index in [2.05, 4.69) is 22.8 Å². The third-order valence-corrected chi connectivity index (χ3v) is 5.65. The van der Waals surface area contributed by atoms with Gasteiger partial charge in [0.2, 0.25) is 0 Å². The van der Waals surface area contributed by atoms with Crippen LogP contribution < -0.4 is 15.4 Å². The molecule has 0 unspecified atom stereocenters. The van der Waals surface area contributed by atoms with Crippen molar-refractivity contribution in [2.24, 2.45) is 0 Å². The number of aryl methyl sites for hydroxylation is 1. The molecule has 0 radical (unpaired) electrons. The van der Waals surface area contributed by atoms with Crippen molar-refractivity contribution in [1.29, 1.82) is 0 Å². The topological polar surface area (TPSA) is 84.5 Å². The van der Waals surface area contributed by atoms with Crippen LogP contribution in [0.15, 0.2) is 60.7 Å². The van der Waals surface area contributed by atoms with Crippen molar-refractivity contribution in [1.82, 2.24) is 10.6 Å². The highest BCUT2D eigenvalue weighted by atomic mass is 16.5. The standard InChI is InChI=1S/C25H20N2O4/c28-23(19-7-9-20-21(13-19)25(30)27-24(20)29)26-14-15-3-5-16(6-4-15)17-8-10-22-18(12-17)2-1-11-31-22/h3-10,12-13H,1-2,11,14H2,(H,26,28)(H,27,29,30). The van der Waals surface area contributed by atoms with Gasteiger partial charge < -0.3 is 10.1 Å². The average molecular weight is 412 g/mol. The summed E-state index contributed by atoms with van der Waals surface area (Å²) in [4.78, 5) is 35.9. The molecule has 6 heteroatoms. The maximum Gasteiger partial charge on any atom is 0.258 e. The summed E-state index contributed by atoms with van der Waals surface area (Å²) < 4.78 is 5.68. The van der Waals surface area contributed by atoms with Crippen molar-refractivity contribution < 1.29 is 19.1 Å². The van der Waals surface area contributed by atoms with Crippen molar-refractivity contribution >= 4 is 17.7 Å². The summed E-state index contributed by atoms with van der Waals surface area (Å²) in [5.41, 5.74) is 5.33. The predicted molar refractivity (Wildman–Crippen MR) is 115 cm³/mol. The second-order valence-corrected chi connectivity index (χ2v) is 7.70. The Morgan fingerprint density at radius 3 is 2.52 bits per heavy atom. The van der Waals surface area contributed by atoms with Crippen LogP contribution in [0.4, 0.5) is 0 Å². The Bertz CT molecular complexity index is 1210. The third kappa shape index (κ3) is 3.68. The first kappa shape index (κ1) is 19.1. The Balaban J connectivity index is 1.25. The molecule has 0 aliphatic carbocycles. The summed E-state index contributed by atoms with van der Waals surface area (Å²) in [6, 6.07) is 18.8. The Hall–Kier alpha value is -3.93. The number of carbonyl (C=O) groups excluding carboxylic acids is 3. The lowest BCUT2D eigenvalue weighted by Gasteiger charge is -2.18. The van der Waals surface area contributed by atoms with Gasteiger partial charge in [-0.3, -0.25) is 19.7 Å². The quantitative estimate of drug-likeness (QED) is 0.643. The van der Waals surface area contributed by atoms with Gasteiger partial charge in [0.1, 0.15) is 5.75 Å². The van der Waals surface area contributed by atoms with Crippen LogP contribution in [-0.4, -0.2) is 24.3 Å². The van der Waals surface area contributed by atoms with E-state index in [1.54, 1.807) is 6.07 Å². The first-order valence-electron chi connectivity index (χ1n) is 10.2. The molecule has 0 atom stereocenters. The van der Waals surface area contributed by atoms with Crippen molar-refractivity contribution in [2.45, 2.75) is 19.4 Å². The van der Waals surface area contributed by atoms with Gasteiger partial charge in [-0.05, 0) is 65.4 Å². The molecule has 0 saturated heterocycles. The van der Waals surface area contributed by atoms with Crippen LogP contribution in [0, 0.1) is 0 Å². The largest absolute Gasteiger partial charge is 0.493 e.